The second-order valence-corrected chi connectivity index (χ2v) is 48.4. The van der Waals surface area contributed by atoms with Gasteiger partial charge in [-0.3, -0.25) is 0 Å². The van der Waals surface area contributed by atoms with Crippen LogP contribution in [0.3, 0.4) is 0 Å². The zero-order valence-corrected chi connectivity index (χ0v) is 7.97. The van der Waals surface area contributed by atoms with E-state index < -0.39 is 0 Å². The molecule has 0 aromatic rings. The van der Waals surface area contributed by atoms with Crippen molar-refractivity contribution in [3.05, 3.63) is 0 Å². The molecule has 2 radical (unpaired) electrons. The van der Waals surface area contributed by atoms with Crippen molar-refractivity contribution in [2.75, 3.05) is 0 Å². The van der Waals surface area contributed by atoms with Crippen LogP contribution in [0.15, 0.2) is 0 Å². The van der Waals surface area contributed by atoms with Crippen molar-refractivity contribution in [3.8, 4) is 0 Å². The maximum absolute atomic E-state index is 2.51. The number of hydrogen-bond acceptors (Lipinski definition) is 0. The van der Waals surface area contributed by atoms with E-state index >= 15 is 0 Å². The van der Waals surface area contributed by atoms with Crippen LogP contribution in [-0.2, 0) is 0 Å². The van der Waals surface area contributed by atoms with Crippen molar-refractivity contribution in [1.82, 2.24) is 0 Å². The Balaban J connectivity index is 2.17. The van der Waals surface area contributed by atoms with Crippen LogP contribution in [0.2, 0.25) is 5.71 Å². The van der Waals surface area contributed by atoms with E-state index in [9.17, 15) is 0 Å². The third-order valence-corrected chi connectivity index (χ3v) is 37.6. The molecule has 0 atom stereocenters. The van der Waals surface area contributed by atoms with Gasteiger partial charge in [0.1, 0.15) is 0 Å². The molecule has 1 saturated heterocycles. The summed E-state index contributed by atoms with van der Waals surface area (Å²) in [5, 5.41) is 0. The second-order valence-electron chi connectivity index (χ2n) is 0.668. The first kappa shape index (κ1) is 3.85. The van der Waals surface area contributed by atoms with E-state index in [0.717, 1.165) is 23.2 Å². The monoisotopic (exact) mass is 240 g/mol. The van der Waals surface area contributed by atoms with Gasteiger partial charge in [0.15, 0.2) is 0 Å². The summed E-state index contributed by atoms with van der Waals surface area (Å²) in [5.41, 5.74) is 2.51. The fourth-order valence-corrected chi connectivity index (χ4v) is 29.2. The van der Waals surface area contributed by atoms with Crippen molar-refractivity contribution in [2.24, 2.45) is 0 Å². The zero-order valence-electron chi connectivity index (χ0n) is 2.34. The van der Waals surface area contributed by atoms with Gasteiger partial charge in [0.2, 0.25) is 0 Å². The van der Waals surface area contributed by atoms with Crippen LogP contribution in [0, 0.1) is 0 Å². The van der Waals surface area contributed by atoms with Crippen LogP contribution in [0.1, 0.15) is 0 Å². The molecule has 1 aliphatic rings. The molecular weight excluding hydrogens is 237 g/mol. The number of rotatable bonds is 0. The van der Waals surface area contributed by atoms with Gasteiger partial charge in [-0.1, -0.05) is 0 Å². The van der Waals surface area contributed by atoms with Gasteiger partial charge < -0.3 is 0 Å². The summed E-state index contributed by atoms with van der Waals surface area (Å²) in [6.07, 6.45) is 0. The first-order chi connectivity index (χ1) is 1.89. The van der Waals surface area contributed by atoms with Crippen LogP contribution < -0.4 is 0 Å². The van der Waals surface area contributed by atoms with E-state index in [-0.39, 0.29) is 10.5 Å². The molecule has 0 nitrogen and oxygen atoms in total. The van der Waals surface area contributed by atoms with Crippen LogP contribution in [0.4, 0.5) is 0 Å². The molecule has 1 rings (SSSR count). The van der Waals surface area contributed by atoms with Crippen LogP contribution in [0.25, 0.3) is 0 Å². The fraction of sp³-hybridized carbons (Fsp3) is 1.00. The third kappa shape index (κ3) is 1.20. The molecule has 22 valence electrons. The molecular formula is CH3As3. The number of hydrogen-bond donors (Lipinski definition) is 0. The van der Waals surface area contributed by atoms with E-state index in [1.807, 2.05) is 0 Å². The van der Waals surface area contributed by atoms with Gasteiger partial charge in [0.25, 0.3) is 0 Å². The summed E-state index contributed by atoms with van der Waals surface area (Å²) in [4.78, 5) is 0. The molecule has 3 heteroatoms. The normalized spacial score (nSPS) is 51.8. The molecule has 4 heavy (non-hydrogen) atoms. The van der Waals surface area contributed by atoms with Gasteiger partial charge in [-0.15, -0.1) is 0 Å². The summed E-state index contributed by atoms with van der Waals surface area (Å²) >= 11 is 2.24. The molecule has 0 aromatic carbocycles. The molecule has 0 N–H and O–H groups in total. The maximum atomic E-state index is 2.51. The molecule has 0 bridgehead atoms. The van der Waals surface area contributed by atoms with Crippen LogP contribution in [0.5, 0.6) is 0 Å². The molecule has 1 fully saturated rings. The van der Waals surface area contributed by atoms with Crippen molar-refractivity contribution in [3.63, 3.8) is 0 Å². The molecule has 0 amide bonds. The molecule has 1 heterocycles. The van der Waals surface area contributed by atoms with E-state index in [0.29, 0.717) is 0 Å². The predicted molar refractivity (Wildman–Crippen MR) is 23.1 cm³/mol. The Kier molecular flexibility index (Phi) is 1.36. The van der Waals surface area contributed by atoms with E-state index in [4.69, 9.17) is 0 Å². The summed E-state index contributed by atoms with van der Waals surface area (Å²) < 4.78 is 0. The van der Waals surface area contributed by atoms with E-state index in [1.54, 1.807) is 0 Å². The minimum atomic E-state index is 0.250. The Hall–Kier alpha value is 1.68. The first-order valence-electron chi connectivity index (χ1n) is 1.05. The van der Waals surface area contributed by atoms with Gasteiger partial charge in [-0.2, -0.15) is 0 Å². The quantitative estimate of drug-likeness (QED) is 0.498. The van der Waals surface area contributed by atoms with E-state index in [1.165, 1.54) is 0 Å². The van der Waals surface area contributed by atoms with E-state index in [2.05, 4.69) is 5.71 Å². The summed E-state index contributed by atoms with van der Waals surface area (Å²) in [5.74, 6) is 0. The molecule has 1 aliphatic heterocycles. The first-order valence-corrected chi connectivity index (χ1v) is 18.5. The van der Waals surface area contributed by atoms with Gasteiger partial charge in [-0.25, -0.2) is 0 Å². The molecule has 0 unspecified atom stereocenters. The minimum absolute atomic E-state index is 0.250. The van der Waals surface area contributed by atoms with Crippen molar-refractivity contribution >= 4 is 33.8 Å². The molecule has 0 saturated carbocycles. The predicted octanol–water partition coefficient (Wildman–Crippen LogP) is -0.559. The Bertz CT molecular complexity index is 22.5. The standard InChI is InChI=1S/CH3As3/c1-4-2-3-4/h1H3. The molecule has 0 aliphatic carbocycles. The summed E-state index contributed by atoms with van der Waals surface area (Å²) in [6.45, 7) is 0. The topological polar surface area (TPSA) is 0 Å². The average molecular weight is 240 g/mol. The van der Waals surface area contributed by atoms with Crippen LogP contribution >= 0.6 is 0 Å². The molecule has 0 spiro atoms. The summed E-state index contributed by atoms with van der Waals surface area (Å²) in [6, 6.07) is 0. The zero-order chi connectivity index (χ0) is 2.99. The SMILES string of the molecule is C[As]1[As][As]1. The summed E-state index contributed by atoms with van der Waals surface area (Å²) in [7, 11) is 0.250. The Morgan fingerprint density at radius 3 is 1.75 bits per heavy atom. The van der Waals surface area contributed by atoms with Gasteiger partial charge in [-0.05, 0) is 0 Å². The molecule has 0 aromatic heterocycles. The van der Waals surface area contributed by atoms with Crippen LogP contribution in [-0.4, -0.2) is 33.8 Å². The van der Waals surface area contributed by atoms with Crippen molar-refractivity contribution in [2.45, 2.75) is 5.71 Å². The Morgan fingerprint density at radius 1 is 1.50 bits per heavy atom. The fourth-order valence-electron chi connectivity index (χ4n) is 0.0400. The van der Waals surface area contributed by atoms with Gasteiger partial charge in [0, 0.05) is 0 Å². The Labute approximate surface area is 39.2 Å². The van der Waals surface area contributed by atoms with Gasteiger partial charge in [0.05, 0.1) is 0 Å². The third-order valence-electron chi connectivity index (χ3n) is 0.268. The van der Waals surface area contributed by atoms with Crippen molar-refractivity contribution in [1.29, 1.82) is 0 Å². The average Bonchev–Trinajstić information content (AvgIpc) is 1.75. The second kappa shape index (κ2) is 1.42. The Morgan fingerprint density at radius 2 is 1.75 bits per heavy atom. The van der Waals surface area contributed by atoms with Gasteiger partial charge >= 0.3 is 39.5 Å². The van der Waals surface area contributed by atoms with Crippen molar-refractivity contribution < 1.29 is 0 Å².